The minimum atomic E-state index is -5.19. The first-order valence-electron chi connectivity index (χ1n) is 23.1. The Balaban J connectivity index is 1.77. The van der Waals surface area contributed by atoms with Crippen molar-refractivity contribution in [2.45, 2.75) is 70.5 Å². The maximum absolute atomic E-state index is 14.9. The Morgan fingerprint density at radius 1 is 1.06 bits per heavy atom. The van der Waals surface area contributed by atoms with Gasteiger partial charge in [-0.25, -0.2) is 4.39 Å². The van der Waals surface area contributed by atoms with E-state index in [1.807, 2.05) is 0 Å². The second-order valence-corrected chi connectivity index (χ2v) is 11.6. The molecule has 4 aromatic rings. The highest BCUT2D eigenvalue weighted by molar-refractivity contribution is 7.98. The highest BCUT2D eigenvalue weighted by Gasteiger charge is 2.32. The molecule has 0 fully saturated rings. The largest absolute Gasteiger partial charge is 0.416 e. The van der Waals surface area contributed by atoms with Crippen molar-refractivity contribution in [2.75, 3.05) is 26.2 Å². The van der Waals surface area contributed by atoms with Gasteiger partial charge in [0.2, 0.25) is 5.91 Å². The fraction of sp³-hybridized carbons (Fsp3) is 0.395. The Morgan fingerprint density at radius 2 is 1.73 bits per heavy atom. The summed E-state index contributed by atoms with van der Waals surface area (Å²) >= 11 is 0.134. The fourth-order valence-corrected chi connectivity index (χ4v) is 5.54. The molecule has 5 rings (SSSR count). The van der Waals surface area contributed by atoms with Gasteiger partial charge in [0.05, 0.1) is 17.9 Å². The molecule has 0 bridgehead atoms. The topological polar surface area (TPSA) is 58.4 Å². The zero-order chi connectivity index (χ0) is 49.5. The SMILES string of the molecule is [2H]c1c([2H])c(C([2H])([2H])N(CCN(CC)CC)C(=O)Cn2c(SC([2H])([2H])c3ccc(F)cc3)nc(=O)c3c2C([2H])([2H])C([2H])(C)C3([2H])[2H])c([2H])c([2H])c1-c1c([2H])c([2H])c(C(F)(F)F)c(C)c1[2H]. The van der Waals surface area contributed by atoms with Crippen LogP contribution in [0.4, 0.5) is 17.6 Å². The first-order valence-corrected chi connectivity index (χ1v) is 15.9. The molecule has 6 nitrogen and oxygen atoms in total. The molecular formula is C38H42F4N4O2S. The normalized spacial score (nSPS) is 23.2. The van der Waals surface area contributed by atoms with Crippen LogP contribution in [-0.4, -0.2) is 51.4 Å². The second kappa shape index (κ2) is 15.7. The molecule has 3 aromatic carbocycles. The molecule has 0 radical (unpaired) electrons. The molecule has 1 atom stereocenters. The number of alkyl halides is 3. The molecule has 0 saturated carbocycles. The van der Waals surface area contributed by atoms with Crippen LogP contribution in [0.2, 0.25) is 0 Å². The first-order chi connectivity index (χ1) is 29.7. The maximum Gasteiger partial charge on any atom is 0.416 e. The van der Waals surface area contributed by atoms with Crippen molar-refractivity contribution in [3.63, 3.8) is 0 Å². The molecule has 0 aliphatic heterocycles. The number of benzene rings is 3. The molecule has 1 aliphatic carbocycles. The number of carbonyl (C=O) groups is 1. The van der Waals surface area contributed by atoms with Crippen molar-refractivity contribution in [1.29, 1.82) is 0 Å². The number of likely N-dealkylation sites (N-methyl/N-ethyl adjacent to an activating group) is 1. The van der Waals surface area contributed by atoms with Gasteiger partial charge in [-0.3, -0.25) is 9.59 Å². The van der Waals surface area contributed by atoms with E-state index >= 15 is 0 Å². The quantitative estimate of drug-likeness (QED) is 0.0807. The van der Waals surface area contributed by atoms with Crippen molar-refractivity contribution in [1.82, 2.24) is 19.4 Å². The van der Waals surface area contributed by atoms with Gasteiger partial charge in [0.25, 0.3) is 5.56 Å². The van der Waals surface area contributed by atoms with Gasteiger partial charge in [0, 0.05) is 46.1 Å². The van der Waals surface area contributed by atoms with E-state index in [9.17, 15) is 29.9 Å². The van der Waals surface area contributed by atoms with Crippen LogP contribution >= 0.6 is 11.8 Å². The van der Waals surface area contributed by atoms with Gasteiger partial charge in [-0.2, -0.15) is 18.2 Å². The molecule has 0 spiro atoms. The van der Waals surface area contributed by atoms with E-state index in [1.165, 1.54) is 0 Å². The van der Waals surface area contributed by atoms with E-state index in [2.05, 4.69) is 4.98 Å². The first kappa shape index (κ1) is 20.7. The van der Waals surface area contributed by atoms with E-state index in [0.29, 0.717) is 22.6 Å². The van der Waals surface area contributed by atoms with Crippen molar-refractivity contribution in [2.24, 2.45) is 5.89 Å². The summed E-state index contributed by atoms with van der Waals surface area (Å²) in [5, 5.41) is -0.746. The average molecular weight is 711 g/mol. The van der Waals surface area contributed by atoms with E-state index in [0.717, 1.165) is 38.1 Å². The lowest BCUT2D eigenvalue weighted by atomic mass is 9.98. The molecule has 1 heterocycles. The lowest BCUT2D eigenvalue weighted by Crippen LogP contribution is -2.40. The highest BCUT2D eigenvalue weighted by Crippen LogP contribution is 2.34. The highest BCUT2D eigenvalue weighted by atomic mass is 32.2. The summed E-state index contributed by atoms with van der Waals surface area (Å²) in [5.74, 6) is -4.87. The van der Waals surface area contributed by atoms with Crippen LogP contribution in [0.15, 0.2) is 76.5 Å². The smallest absolute Gasteiger partial charge is 0.336 e. The Kier molecular flexibility index (Phi) is 6.62. The molecule has 0 saturated heterocycles. The lowest BCUT2D eigenvalue weighted by molar-refractivity contribution is -0.138. The van der Waals surface area contributed by atoms with Crippen LogP contribution < -0.4 is 5.56 Å². The number of rotatable bonds is 13. The number of nitrogens with zero attached hydrogens (tertiary/aromatic N) is 4. The molecule has 1 amide bonds. The minimum absolute atomic E-state index is 0.122. The molecule has 1 unspecified atom stereocenters. The standard InChI is InChI=1S/C38H42F4N4O2S/c1-5-44(6-2)17-18-45(22-27-7-11-29(12-8-27)30-13-16-33(26(4)21-30)38(40,41)42)35(47)23-46-34-20-25(3)19-32(34)36(48)43-37(46)49-24-28-9-14-31(39)15-10-28/h7-16,21,25H,5-6,17-20,22-24H2,1-4H3/i7D,8D,11D,12D,13D,16D,19D2,20D2,21D,22D2,24D2,25D. The van der Waals surface area contributed by atoms with E-state index in [4.69, 9.17) is 19.2 Å². The number of amides is 1. The van der Waals surface area contributed by atoms with Gasteiger partial charge in [0.1, 0.15) is 12.4 Å². The maximum atomic E-state index is 14.9. The average Bonchev–Trinajstić information content (AvgIpc) is 3.30. The monoisotopic (exact) mass is 710 g/mol. The Hall–Kier alpha value is -3.96. The van der Waals surface area contributed by atoms with Crippen LogP contribution in [0.25, 0.3) is 11.1 Å². The van der Waals surface area contributed by atoms with E-state index in [1.54, 1.807) is 18.7 Å². The van der Waals surface area contributed by atoms with Crippen molar-refractivity contribution >= 4 is 17.7 Å². The molecule has 1 aromatic heterocycles. The molecule has 0 N–H and O–H groups in total. The van der Waals surface area contributed by atoms with Gasteiger partial charge in [-0.1, -0.05) is 80.9 Å². The number of hydrogen-bond acceptors (Lipinski definition) is 5. The van der Waals surface area contributed by atoms with Crippen LogP contribution in [-0.2, 0) is 42.5 Å². The summed E-state index contributed by atoms with van der Waals surface area (Å²) in [5.41, 5.74) is -11.5. The second-order valence-electron chi connectivity index (χ2n) is 10.8. The van der Waals surface area contributed by atoms with Crippen molar-refractivity contribution in [3.05, 3.63) is 116 Å². The molecular weight excluding hydrogens is 653 g/mol. The van der Waals surface area contributed by atoms with Gasteiger partial charge in [-0.05, 0) is 84.6 Å². The third-order valence-corrected chi connectivity index (χ3v) is 8.24. The van der Waals surface area contributed by atoms with Gasteiger partial charge in [-0.15, -0.1) is 0 Å². The summed E-state index contributed by atoms with van der Waals surface area (Å²) in [7, 11) is 0. The Morgan fingerprint density at radius 3 is 2.39 bits per heavy atom. The summed E-state index contributed by atoms with van der Waals surface area (Å²) in [6.45, 7) is 0.464. The minimum Gasteiger partial charge on any atom is -0.336 e. The summed E-state index contributed by atoms with van der Waals surface area (Å²) in [6.07, 6.45) is -11.4. The van der Waals surface area contributed by atoms with Crippen LogP contribution in [0.3, 0.4) is 0 Å². The van der Waals surface area contributed by atoms with Crippen LogP contribution in [0.5, 0.6) is 0 Å². The number of halogens is 4. The predicted octanol–water partition coefficient (Wildman–Crippen LogP) is 7.77. The number of aromatic nitrogens is 2. The third-order valence-electron chi connectivity index (χ3n) is 7.41. The van der Waals surface area contributed by atoms with E-state index in [-0.39, 0.29) is 23.9 Å². The van der Waals surface area contributed by atoms with Crippen LogP contribution in [0.1, 0.15) is 76.2 Å². The summed E-state index contributed by atoms with van der Waals surface area (Å²) < 4.78 is 197. The molecule has 49 heavy (non-hydrogen) atoms. The Labute approximate surface area is 311 Å². The van der Waals surface area contributed by atoms with Gasteiger partial charge >= 0.3 is 6.18 Å². The van der Waals surface area contributed by atoms with E-state index < -0.39 is 154 Å². The molecule has 1 aliphatic rings. The molecule has 260 valence electrons. The predicted molar refractivity (Wildman–Crippen MR) is 186 cm³/mol. The van der Waals surface area contributed by atoms with Gasteiger partial charge < -0.3 is 14.4 Å². The van der Waals surface area contributed by atoms with Crippen molar-refractivity contribution < 1.29 is 44.3 Å². The Bertz CT molecular complexity index is 2570. The summed E-state index contributed by atoms with van der Waals surface area (Å²) in [6, 6.07) is -4.40. The number of fused-ring (bicyclic) bond motifs is 1. The summed E-state index contributed by atoms with van der Waals surface area (Å²) in [4.78, 5) is 34.5. The number of hydrogen-bond donors (Lipinski definition) is 0. The third kappa shape index (κ3) is 8.99. The fourth-order valence-electron chi connectivity index (χ4n) is 4.80. The zero-order valence-electron chi connectivity index (χ0n) is 42.9. The van der Waals surface area contributed by atoms with Crippen LogP contribution in [0, 0.1) is 18.6 Å². The number of thioether (sulfide) groups is 1. The molecule has 11 heteroatoms. The van der Waals surface area contributed by atoms with Crippen molar-refractivity contribution in [3.8, 4) is 11.1 Å². The lowest BCUT2D eigenvalue weighted by Gasteiger charge is -2.28. The zero-order valence-corrected chi connectivity index (χ0v) is 27.7. The number of carbonyl (C=O) groups excluding carboxylic acids is 1. The van der Waals surface area contributed by atoms with Gasteiger partial charge in [0.15, 0.2) is 5.16 Å².